The second-order valence-electron chi connectivity index (χ2n) is 0.443. The average molecular weight is 183 g/mol. The van der Waals surface area contributed by atoms with E-state index in [4.69, 9.17) is 8.92 Å². The maximum atomic E-state index is 5.28. The normalized spacial score (nSPS) is 9.25. The zero-order valence-corrected chi connectivity index (χ0v) is 7.16. The molecule has 0 saturated carbocycles. The Morgan fingerprint density at radius 1 is 2.00 bits per heavy atom. The molecule has 0 fully saturated rings. The predicted octanol–water partition coefficient (Wildman–Crippen LogP) is 0.452. The van der Waals surface area contributed by atoms with E-state index in [0.29, 0.717) is 0 Å². The SMILES string of the molecule is C=[CH][SnH2][Cl]. The second-order valence-corrected chi connectivity index (χ2v) is 5.04. The van der Waals surface area contributed by atoms with E-state index in [0.717, 1.165) is 0 Å². The molecule has 0 bridgehead atoms. The van der Waals surface area contributed by atoms with Crippen LogP contribution in [0.4, 0.5) is 0 Å². The van der Waals surface area contributed by atoms with Crippen LogP contribution in [0, 0.1) is 0 Å². The van der Waals surface area contributed by atoms with Gasteiger partial charge in [0.1, 0.15) is 0 Å². The van der Waals surface area contributed by atoms with Crippen molar-refractivity contribution in [2.24, 2.45) is 0 Å². The van der Waals surface area contributed by atoms with E-state index in [-0.39, 0.29) is 0 Å². The minimum atomic E-state index is -0.798. The fraction of sp³-hybridized carbons (Fsp3) is 0. The molecule has 0 aromatic rings. The Hall–Kier alpha value is 0.829. The average Bonchev–Trinajstić information content (AvgIpc) is 1.37. The molecule has 0 amide bonds. The number of halogens is 1. The van der Waals surface area contributed by atoms with Crippen LogP contribution < -0.4 is 0 Å². The van der Waals surface area contributed by atoms with Crippen LogP contribution in [0.3, 0.4) is 0 Å². The quantitative estimate of drug-likeness (QED) is 0.518. The predicted molar refractivity (Wildman–Crippen MR) is 24.6 cm³/mol. The molecule has 0 unspecified atom stereocenters. The van der Waals surface area contributed by atoms with E-state index in [1.165, 1.54) is 0 Å². The molecule has 2 heteroatoms. The van der Waals surface area contributed by atoms with Crippen LogP contribution in [0.2, 0.25) is 0 Å². The summed E-state index contributed by atoms with van der Waals surface area (Å²) in [7, 11) is 5.28. The van der Waals surface area contributed by atoms with Crippen molar-refractivity contribution in [3.05, 3.63) is 10.7 Å². The minimum absolute atomic E-state index is 0.798. The molecule has 0 heterocycles. The van der Waals surface area contributed by atoms with E-state index in [9.17, 15) is 0 Å². The van der Waals surface area contributed by atoms with Gasteiger partial charge in [0.05, 0.1) is 0 Å². The summed E-state index contributed by atoms with van der Waals surface area (Å²) in [6, 6.07) is 0. The Morgan fingerprint density at radius 3 is 2.25 bits per heavy atom. The molecular weight excluding hydrogens is 178 g/mol. The molecule has 0 aromatic heterocycles. The van der Waals surface area contributed by atoms with Gasteiger partial charge in [-0.1, -0.05) is 0 Å². The Kier molecular flexibility index (Phi) is 4.62. The van der Waals surface area contributed by atoms with Gasteiger partial charge in [0.25, 0.3) is 0 Å². The topological polar surface area (TPSA) is 0 Å². The van der Waals surface area contributed by atoms with E-state index in [1.807, 2.05) is 4.09 Å². The molecule has 4 heavy (non-hydrogen) atoms. The van der Waals surface area contributed by atoms with E-state index >= 15 is 0 Å². The Bertz CT molecular complexity index is 20.0. The van der Waals surface area contributed by atoms with Gasteiger partial charge in [0.15, 0.2) is 0 Å². The molecule has 0 atom stereocenters. The van der Waals surface area contributed by atoms with E-state index < -0.39 is 20.0 Å². The fourth-order valence-corrected chi connectivity index (χ4v) is 0. The molecule has 0 aliphatic heterocycles. The van der Waals surface area contributed by atoms with Crippen molar-refractivity contribution < 1.29 is 0 Å². The molecule has 0 rings (SSSR count). The van der Waals surface area contributed by atoms with Gasteiger partial charge < -0.3 is 0 Å². The summed E-state index contributed by atoms with van der Waals surface area (Å²) in [5.74, 6) is 0. The molecule has 24 valence electrons. The van der Waals surface area contributed by atoms with Crippen LogP contribution in [0.15, 0.2) is 10.7 Å². The van der Waals surface area contributed by atoms with Crippen molar-refractivity contribution in [3.8, 4) is 0 Å². The Balaban J connectivity index is 2.30. The summed E-state index contributed by atoms with van der Waals surface area (Å²) >= 11 is -0.798. The third-order valence-electron chi connectivity index (χ3n) is 0.109. The zero-order chi connectivity index (χ0) is 3.41. The summed E-state index contributed by atoms with van der Waals surface area (Å²) in [4.78, 5) is 0. The maximum absolute atomic E-state index is 5.28. The van der Waals surface area contributed by atoms with Crippen LogP contribution in [-0.4, -0.2) is 20.0 Å². The molecule has 0 aromatic carbocycles. The molecular formula is C2H5ClSn. The third kappa shape index (κ3) is 2.83. The van der Waals surface area contributed by atoms with Crippen molar-refractivity contribution in [3.63, 3.8) is 0 Å². The summed E-state index contributed by atoms with van der Waals surface area (Å²) < 4.78 is 1.85. The molecule has 0 spiro atoms. The Labute approximate surface area is 39.8 Å². The number of hydrogen-bond donors (Lipinski definition) is 0. The first kappa shape index (κ1) is 4.83. The molecule has 0 N–H and O–H groups in total. The molecule has 0 nitrogen and oxygen atoms in total. The van der Waals surface area contributed by atoms with Crippen molar-refractivity contribution in [1.29, 1.82) is 0 Å². The van der Waals surface area contributed by atoms with Gasteiger partial charge in [0, 0.05) is 0 Å². The van der Waals surface area contributed by atoms with Crippen LogP contribution >= 0.6 is 8.92 Å². The van der Waals surface area contributed by atoms with Gasteiger partial charge in [-0.15, -0.1) is 0 Å². The van der Waals surface area contributed by atoms with Gasteiger partial charge >= 0.3 is 39.6 Å². The third-order valence-corrected chi connectivity index (χ3v) is 2.20. The van der Waals surface area contributed by atoms with E-state index in [1.54, 1.807) is 0 Å². The molecule has 0 radical (unpaired) electrons. The summed E-state index contributed by atoms with van der Waals surface area (Å²) in [5, 5.41) is 0. The van der Waals surface area contributed by atoms with Crippen molar-refractivity contribution in [2.75, 3.05) is 0 Å². The molecule has 0 aliphatic carbocycles. The van der Waals surface area contributed by atoms with Gasteiger partial charge in [-0.05, 0) is 0 Å². The van der Waals surface area contributed by atoms with Crippen LogP contribution in [0.5, 0.6) is 0 Å². The Morgan fingerprint density at radius 2 is 2.25 bits per heavy atom. The zero-order valence-electron chi connectivity index (χ0n) is 2.37. The van der Waals surface area contributed by atoms with Crippen molar-refractivity contribution >= 4 is 28.9 Å². The van der Waals surface area contributed by atoms with Crippen LogP contribution in [0.1, 0.15) is 0 Å². The fourth-order valence-electron chi connectivity index (χ4n) is 0. The second kappa shape index (κ2) is 3.83. The molecule has 0 saturated heterocycles. The van der Waals surface area contributed by atoms with Gasteiger partial charge in [0.2, 0.25) is 0 Å². The standard InChI is InChI=1S/C2H3.ClH.Sn.2H/c1-2;;;;/h1H,2H2;1H;;;/q;;+1;;/p-1. The summed E-state index contributed by atoms with van der Waals surface area (Å²) in [6.07, 6.45) is 0. The van der Waals surface area contributed by atoms with Crippen LogP contribution in [0.25, 0.3) is 0 Å². The monoisotopic (exact) mass is 184 g/mol. The summed E-state index contributed by atoms with van der Waals surface area (Å²) in [5.41, 5.74) is 0. The summed E-state index contributed by atoms with van der Waals surface area (Å²) in [6.45, 7) is 3.44. The molecule has 0 aliphatic rings. The van der Waals surface area contributed by atoms with Crippen molar-refractivity contribution in [2.45, 2.75) is 0 Å². The first-order chi connectivity index (χ1) is 1.91. The van der Waals surface area contributed by atoms with Crippen LogP contribution in [-0.2, 0) is 0 Å². The van der Waals surface area contributed by atoms with Crippen molar-refractivity contribution in [1.82, 2.24) is 0 Å². The van der Waals surface area contributed by atoms with E-state index in [2.05, 4.69) is 6.58 Å². The van der Waals surface area contributed by atoms with Gasteiger partial charge in [-0.3, -0.25) is 0 Å². The first-order valence-electron chi connectivity index (χ1n) is 1.08. The number of rotatable bonds is 1. The number of hydrogen-bond acceptors (Lipinski definition) is 0. The van der Waals surface area contributed by atoms with Gasteiger partial charge in [-0.25, -0.2) is 0 Å². The van der Waals surface area contributed by atoms with Gasteiger partial charge in [-0.2, -0.15) is 0 Å². The first-order valence-corrected chi connectivity index (χ1v) is 8.53.